The fourth-order valence-electron chi connectivity index (χ4n) is 6.47. The Morgan fingerprint density at radius 2 is 1.16 bits per heavy atom. The second-order valence-electron chi connectivity index (χ2n) is 11.9. The molecule has 4 rings (SSSR count). The molecule has 2 heterocycles. The lowest BCUT2D eigenvalue weighted by atomic mass is 9.98. The average Bonchev–Trinajstić information content (AvgIpc) is 3.34. The molecule has 0 unspecified atom stereocenters. The third kappa shape index (κ3) is 6.92. The van der Waals surface area contributed by atoms with E-state index in [9.17, 15) is 5.11 Å². The van der Waals surface area contributed by atoms with Gasteiger partial charge in [-0.1, -0.05) is 81.4 Å². The molecule has 2 fully saturated rings. The van der Waals surface area contributed by atoms with Crippen molar-refractivity contribution in [3.63, 3.8) is 0 Å². The van der Waals surface area contributed by atoms with Gasteiger partial charge in [0.25, 0.3) is 8.32 Å². The van der Waals surface area contributed by atoms with Crippen LogP contribution in [0.4, 0.5) is 0 Å². The van der Waals surface area contributed by atoms with Crippen LogP contribution in [0.15, 0.2) is 60.7 Å². The van der Waals surface area contributed by atoms with E-state index in [0.29, 0.717) is 6.61 Å². The van der Waals surface area contributed by atoms with Crippen molar-refractivity contribution >= 4 is 18.7 Å². The number of hydrogen-bond donors (Lipinski definition) is 1. The largest absolute Gasteiger partial charge is 0.405 e. The Bertz CT molecular complexity index is 1060. The molecule has 11 heteroatoms. The van der Waals surface area contributed by atoms with Crippen molar-refractivity contribution in [2.45, 2.75) is 81.1 Å². The minimum atomic E-state index is -2.93. The summed E-state index contributed by atoms with van der Waals surface area (Å²) in [6.45, 7) is 7.04. The van der Waals surface area contributed by atoms with Gasteiger partial charge >= 0.3 is 0 Å². The predicted octanol–water partition coefficient (Wildman–Crippen LogP) is 2.10. The van der Waals surface area contributed by atoms with Gasteiger partial charge in [-0.3, -0.25) is 0 Å². The highest BCUT2D eigenvalue weighted by atomic mass is 28.4. The highest BCUT2D eigenvalue weighted by molar-refractivity contribution is 6.99. The van der Waals surface area contributed by atoms with Crippen LogP contribution in [-0.2, 0) is 42.3 Å². The van der Waals surface area contributed by atoms with Crippen LogP contribution in [0.2, 0.25) is 5.04 Å². The number of rotatable bonds is 13. The highest BCUT2D eigenvalue weighted by Gasteiger charge is 2.55. The van der Waals surface area contributed by atoms with Crippen molar-refractivity contribution in [1.82, 2.24) is 0 Å². The summed E-state index contributed by atoms with van der Waals surface area (Å²) in [6, 6.07) is 20.7. The molecule has 2 aliphatic heterocycles. The molecule has 2 saturated heterocycles. The molecule has 0 aromatic heterocycles. The van der Waals surface area contributed by atoms with Crippen LogP contribution >= 0.6 is 0 Å². The molecule has 0 radical (unpaired) electrons. The number of aliphatic hydroxyl groups is 1. The van der Waals surface area contributed by atoms with Crippen molar-refractivity contribution in [2.24, 2.45) is 0 Å². The van der Waals surface area contributed by atoms with Crippen molar-refractivity contribution < 1.29 is 47.4 Å². The van der Waals surface area contributed by atoms with E-state index >= 15 is 0 Å². The Kier molecular flexibility index (Phi) is 11.9. The molecule has 9 atom stereocenters. The molecule has 10 nitrogen and oxygen atoms in total. The molecule has 0 saturated carbocycles. The number of hydrogen-bond acceptors (Lipinski definition) is 10. The fraction of sp³-hybridized carbons (Fsp3) is 0.625. The molecular weight excluding hydrogens is 572 g/mol. The molecule has 1 N–H and O–H groups in total. The van der Waals surface area contributed by atoms with Crippen LogP contribution in [0.5, 0.6) is 0 Å². The molecule has 240 valence electrons. The van der Waals surface area contributed by atoms with E-state index < -0.39 is 63.6 Å². The van der Waals surface area contributed by atoms with E-state index in [1.54, 1.807) is 28.4 Å². The number of benzene rings is 2. The van der Waals surface area contributed by atoms with Crippen LogP contribution in [0.1, 0.15) is 20.8 Å². The van der Waals surface area contributed by atoms with Crippen LogP contribution < -0.4 is 10.4 Å². The second kappa shape index (κ2) is 15.0. The molecule has 2 aromatic rings. The van der Waals surface area contributed by atoms with Gasteiger partial charge in [0.2, 0.25) is 0 Å². The quantitative estimate of drug-likeness (QED) is 0.335. The molecule has 43 heavy (non-hydrogen) atoms. The summed E-state index contributed by atoms with van der Waals surface area (Å²) in [5.74, 6) is 0. The summed E-state index contributed by atoms with van der Waals surface area (Å²) in [7, 11) is 4.92. The Morgan fingerprint density at radius 3 is 1.63 bits per heavy atom. The Morgan fingerprint density at radius 1 is 0.651 bits per heavy atom. The van der Waals surface area contributed by atoms with E-state index in [-0.39, 0.29) is 11.6 Å². The Labute approximate surface area is 256 Å². The van der Waals surface area contributed by atoms with Gasteiger partial charge in [0.15, 0.2) is 12.6 Å². The number of methoxy groups -OCH3 is 5. The average molecular weight is 621 g/mol. The smallest absolute Gasteiger partial charge is 0.261 e. The summed E-state index contributed by atoms with van der Waals surface area (Å²) >= 11 is 0. The van der Waals surface area contributed by atoms with Crippen molar-refractivity contribution in [3.8, 4) is 0 Å². The first kappa shape index (κ1) is 34.1. The van der Waals surface area contributed by atoms with E-state index in [0.717, 1.165) is 10.4 Å². The maximum atomic E-state index is 11.0. The zero-order valence-corrected chi connectivity index (χ0v) is 27.5. The maximum absolute atomic E-state index is 11.0. The van der Waals surface area contributed by atoms with Gasteiger partial charge in [-0.25, -0.2) is 0 Å². The monoisotopic (exact) mass is 620 g/mol. The second-order valence-corrected chi connectivity index (χ2v) is 16.2. The van der Waals surface area contributed by atoms with Crippen LogP contribution in [0, 0.1) is 0 Å². The molecule has 0 spiro atoms. The van der Waals surface area contributed by atoms with Crippen LogP contribution in [-0.4, -0.2) is 117 Å². The Hall–Kier alpha value is -1.74. The maximum Gasteiger partial charge on any atom is 0.261 e. The molecule has 0 aliphatic carbocycles. The number of ether oxygens (including phenoxy) is 8. The Balaban J connectivity index is 1.71. The predicted molar refractivity (Wildman–Crippen MR) is 163 cm³/mol. The lowest BCUT2D eigenvalue weighted by Gasteiger charge is -2.47. The summed E-state index contributed by atoms with van der Waals surface area (Å²) in [5, 5.41) is 13.0. The third-order valence-corrected chi connectivity index (χ3v) is 13.5. The zero-order valence-electron chi connectivity index (χ0n) is 26.5. The van der Waals surface area contributed by atoms with Gasteiger partial charge in [-0.15, -0.1) is 0 Å². The minimum Gasteiger partial charge on any atom is -0.405 e. The van der Waals surface area contributed by atoms with Gasteiger partial charge in [0.05, 0.1) is 13.2 Å². The lowest BCUT2D eigenvalue weighted by molar-refractivity contribution is -0.327. The van der Waals surface area contributed by atoms with Crippen LogP contribution in [0.25, 0.3) is 0 Å². The van der Waals surface area contributed by atoms with E-state index in [1.807, 2.05) is 36.4 Å². The normalized spacial score (nSPS) is 31.8. The van der Waals surface area contributed by atoms with E-state index in [1.165, 1.54) is 7.11 Å². The molecule has 0 amide bonds. The van der Waals surface area contributed by atoms with Crippen molar-refractivity contribution in [3.05, 3.63) is 60.7 Å². The van der Waals surface area contributed by atoms with E-state index in [4.69, 9.17) is 42.3 Å². The molecule has 2 aliphatic rings. The molecular formula is C32H48O10Si. The highest BCUT2D eigenvalue weighted by Crippen LogP contribution is 2.38. The zero-order chi connectivity index (χ0) is 31.2. The van der Waals surface area contributed by atoms with Crippen molar-refractivity contribution in [2.75, 3.05) is 48.8 Å². The summed E-state index contributed by atoms with van der Waals surface area (Å²) in [5.41, 5.74) is 0. The first-order valence-corrected chi connectivity index (χ1v) is 16.6. The summed E-state index contributed by atoms with van der Waals surface area (Å²) in [4.78, 5) is 0. The first-order valence-electron chi connectivity index (χ1n) is 14.7. The van der Waals surface area contributed by atoms with Crippen LogP contribution in [0.3, 0.4) is 0 Å². The lowest BCUT2D eigenvalue weighted by Crippen LogP contribution is -2.68. The minimum absolute atomic E-state index is 0.116. The third-order valence-electron chi connectivity index (χ3n) is 8.47. The topological polar surface area (TPSA) is 103 Å². The van der Waals surface area contributed by atoms with Gasteiger partial charge in [-0.2, -0.15) is 0 Å². The van der Waals surface area contributed by atoms with Gasteiger partial charge < -0.3 is 47.4 Å². The molecule has 0 bridgehead atoms. The van der Waals surface area contributed by atoms with Crippen molar-refractivity contribution in [1.29, 1.82) is 0 Å². The standard InChI is InChI=1S/C32H48O10Si/c1-32(2,3)43(21-15-11-9-12-16-21,22-17-13-10-14-18-22)39-20-24-26(27(36-6)28(37-7)30(33)40-24)42-31-29(38-8)25(35-5)23(41-31)19-34-4/h9-18,23-31,33H,19-20H2,1-8H3/t23-,24-,25-,26-,27+,28-,29+,30+,31-/m1/s1. The SMILES string of the molecule is COC[C@H]1O[C@H](O[C@H]2[C@H](OC)[C@@H](OC)[C@@H](O)O[C@@H]2CO[Si](c2ccccc2)(c2ccccc2)C(C)(C)C)[C@@H](OC)[C@@H]1OC. The van der Waals surface area contributed by atoms with Gasteiger partial charge in [-0.05, 0) is 15.4 Å². The number of aliphatic hydroxyl groups excluding tert-OH is 1. The summed E-state index contributed by atoms with van der Waals surface area (Å²) < 4.78 is 54.6. The van der Waals surface area contributed by atoms with Gasteiger partial charge in [0.1, 0.15) is 42.7 Å². The summed E-state index contributed by atoms with van der Waals surface area (Å²) in [6.07, 6.45) is -6.48. The molecule has 2 aromatic carbocycles. The van der Waals surface area contributed by atoms with E-state index in [2.05, 4.69) is 45.0 Å². The first-order chi connectivity index (χ1) is 20.7. The van der Waals surface area contributed by atoms with Gasteiger partial charge in [0, 0.05) is 35.5 Å². The fourth-order valence-corrected chi connectivity index (χ4v) is 11.0.